The molecule has 6 nitrogen and oxygen atoms in total. The third kappa shape index (κ3) is 4.96. The fourth-order valence-electron chi connectivity index (χ4n) is 3.12. The van der Waals surface area contributed by atoms with Crippen molar-refractivity contribution >= 4 is 22.1 Å². The molecule has 0 aliphatic carbocycles. The Morgan fingerprint density at radius 3 is 2.96 bits per heavy atom. The van der Waals surface area contributed by atoms with Crippen molar-refractivity contribution in [1.29, 1.82) is 0 Å². The fraction of sp³-hybridized carbons (Fsp3) is 0.500. The van der Waals surface area contributed by atoms with Crippen LogP contribution in [0.5, 0.6) is 0 Å². The van der Waals surface area contributed by atoms with Crippen LogP contribution < -0.4 is 4.90 Å². The Labute approximate surface area is 151 Å². The molecule has 1 aromatic carbocycles. The molecule has 1 aliphatic rings. The maximum atomic E-state index is 13.3. The highest BCUT2D eigenvalue weighted by molar-refractivity contribution is 7.91. The highest BCUT2D eigenvalue weighted by Crippen LogP contribution is 2.22. The van der Waals surface area contributed by atoms with Gasteiger partial charge in [0, 0.05) is 12.0 Å². The maximum Gasteiger partial charge on any atom is 0.291 e. The molecule has 0 amide bonds. The van der Waals surface area contributed by atoms with Gasteiger partial charge in [-0.3, -0.25) is 0 Å². The van der Waals surface area contributed by atoms with E-state index in [-0.39, 0.29) is 28.1 Å². The summed E-state index contributed by atoms with van der Waals surface area (Å²) >= 11 is 5.20. The van der Waals surface area contributed by atoms with Gasteiger partial charge in [0.1, 0.15) is 12.4 Å². The van der Waals surface area contributed by atoms with Gasteiger partial charge in [-0.1, -0.05) is 12.1 Å². The summed E-state index contributed by atoms with van der Waals surface area (Å²) in [5.74, 6) is 0.693. The van der Waals surface area contributed by atoms with E-state index in [0.717, 1.165) is 10.5 Å². The lowest BCUT2D eigenvalue weighted by Gasteiger charge is -2.13. The first-order valence-corrected chi connectivity index (χ1v) is 10.4. The Morgan fingerprint density at radius 1 is 1.48 bits per heavy atom. The lowest BCUT2D eigenvalue weighted by atomic mass is 10.1. The van der Waals surface area contributed by atoms with Crippen molar-refractivity contribution in [2.75, 3.05) is 18.6 Å². The second-order valence-corrected chi connectivity index (χ2v) is 9.23. The standard InChI is InChI=1S/C16H20FN3O3S2/c1-19(9-12-3-2-4-14(17)7-12)11-20-16(24)23-15(18-20)8-13-5-6-25(21,22)10-13/h2-4,7,13H,5-6,8-11H2,1H3/p+1/t13-/m1/s1. The lowest BCUT2D eigenvalue weighted by molar-refractivity contribution is -0.917. The van der Waals surface area contributed by atoms with E-state index in [4.69, 9.17) is 16.6 Å². The second-order valence-electron chi connectivity index (χ2n) is 6.66. The summed E-state index contributed by atoms with van der Waals surface area (Å²) in [4.78, 5) is 1.35. The van der Waals surface area contributed by atoms with Crippen LogP contribution in [0.1, 0.15) is 17.9 Å². The SMILES string of the molecule is C[NH+](Cc1cccc(F)c1)Cn1nc(C[C@H]2CCS(=O)(=O)C2)oc1=S. The highest BCUT2D eigenvalue weighted by Gasteiger charge is 2.29. The average molecular weight is 386 g/mol. The number of quaternary nitrogens is 1. The summed E-state index contributed by atoms with van der Waals surface area (Å²) in [6.07, 6.45) is 1.13. The zero-order chi connectivity index (χ0) is 18.0. The minimum atomic E-state index is -2.91. The third-order valence-electron chi connectivity index (χ3n) is 4.25. The van der Waals surface area contributed by atoms with Crippen LogP contribution in [0, 0.1) is 16.6 Å². The molecule has 1 aliphatic heterocycles. The number of rotatable bonds is 6. The summed E-state index contributed by atoms with van der Waals surface area (Å²) in [7, 11) is -0.950. The monoisotopic (exact) mass is 386 g/mol. The van der Waals surface area contributed by atoms with Gasteiger partial charge in [0.25, 0.3) is 4.84 Å². The van der Waals surface area contributed by atoms with E-state index in [1.807, 2.05) is 13.1 Å². The van der Waals surface area contributed by atoms with Gasteiger partial charge in [0.05, 0.1) is 18.6 Å². The van der Waals surface area contributed by atoms with E-state index in [1.54, 1.807) is 10.7 Å². The third-order valence-corrected chi connectivity index (χ3v) is 6.38. The minimum Gasteiger partial charge on any atom is -0.414 e. The highest BCUT2D eigenvalue weighted by atomic mass is 32.2. The Balaban J connectivity index is 1.61. The Morgan fingerprint density at radius 2 is 2.28 bits per heavy atom. The van der Waals surface area contributed by atoms with Gasteiger partial charge >= 0.3 is 0 Å². The van der Waals surface area contributed by atoms with E-state index >= 15 is 0 Å². The van der Waals surface area contributed by atoms with Gasteiger partial charge in [-0.25, -0.2) is 12.8 Å². The van der Waals surface area contributed by atoms with Crippen molar-refractivity contribution in [3.63, 3.8) is 0 Å². The van der Waals surface area contributed by atoms with Crippen molar-refractivity contribution < 1.29 is 22.1 Å². The Bertz CT molecular complexity index is 907. The number of sulfone groups is 1. The number of halogens is 1. The van der Waals surface area contributed by atoms with Crippen LogP contribution in [0.25, 0.3) is 0 Å². The smallest absolute Gasteiger partial charge is 0.291 e. The number of aromatic nitrogens is 2. The zero-order valence-electron chi connectivity index (χ0n) is 13.9. The molecule has 0 saturated carbocycles. The molecule has 1 saturated heterocycles. The molecule has 0 radical (unpaired) electrons. The molecule has 0 spiro atoms. The van der Waals surface area contributed by atoms with Crippen LogP contribution in [0.2, 0.25) is 0 Å². The number of nitrogens with zero attached hydrogens (tertiary/aromatic N) is 2. The van der Waals surface area contributed by atoms with Crippen molar-refractivity contribution in [3.8, 4) is 0 Å². The van der Waals surface area contributed by atoms with E-state index < -0.39 is 9.84 Å². The van der Waals surface area contributed by atoms with Crippen LogP contribution in [-0.2, 0) is 29.5 Å². The number of hydrogen-bond donors (Lipinski definition) is 1. The van der Waals surface area contributed by atoms with E-state index in [0.29, 0.717) is 31.9 Å². The lowest BCUT2D eigenvalue weighted by Crippen LogP contribution is -3.07. The van der Waals surface area contributed by atoms with Crippen LogP contribution >= 0.6 is 12.2 Å². The summed E-state index contributed by atoms with van der Waals surface area (Å²) < 4.78 is 43.5. The summed E-state index contributed by atoms with van der Waals surface area (Å²) in [6, 6.07) is 6.49. The number of hydrogen-bond acceptors (Lipinski definition) is 5. The molecule has 0 bridgehead atoms. The molecule has 1 unspecified atom stereocenters. The van der Waals surface area contributed by atoms with Gasteiger partial charge in [-0.05, 0) is 36.7 Å². The molecule has 9 heteroatoms. The van der Waals surface area contributed by atoms with Crippen molar-refractivity contribution in [3.05, 3.63) is 46.4 Å². The summed E-state index contributed by atoms with van der Waals surface area (Å²) in [5.41, 5.74) is 0.892. The van der Waals surface area contributed by atoms with Gasteiger partial charge in [0.2, 0.25) is 5.89 Å². The normalized spacial score (nSPS) is 20.6. The first-order valence-electron chi connectivity index (χ1n) is 8.14. The predicted molar refractivity (Wildman–Crippen MR) is 92.8 cm³/mol. The molecule has 1 aromatic heterocycles. The average Bonchev–Trinajstić information content (AvgIpc) is 3.01. The van der Waals surface area contributed by atoms with Crippen LogP contribution in [0.4, 0.5) is 4.39 Å². The van der Waals surface area contributed by atoms with Gasteiger partial charge in [0.15, 0.2) is 16.5 Å². The first kappa shape index (κ1) is 18.2. The molecule has 3 rings (SSSR count). The maximum absolute atomic E-state index is 13.3. The zero-order valence-corrected chi connectivity index (χ0v) is 15.6. The molecule has 2 aromatic rings. The summed E-state index contributed by atoms with van der Waals surface area (Å²) in [6.45, 7) is 1.12. The molecule has 2 heterocycles. The quantitative estimate of drug-likeness (QED) is 0.750. The van der Waals surface area contributed by atoms with Crippen LogP contribution in [0.15, 0.2) is 28.7 Å². The fourth-order valence-corrected chi connectivity index (χ4v) is 5.18. The number of nitrogens with one attached hydrogen (secondary N) is 1. The molecule has 136 valence electrons. The van der Waals surface area contributed by atoms with Gasteiger partial charge < -0.3 is 9.32 Å². The molecule has 1 N–H and O–H groups in total. The summed E-state index contributed by atoms with van der Waals surface area (Å²) in [5, 5.41) is 4.38. The second kappa shape index (κ2) is 7.35. The molecule has 25 heavy (non-hydrogen) atoms. The predicted octanol–water partition coefficient (Wildman–Crippen LogP) is 0.994. The first-order chi connectivity index (χ1) is 11.8. The van der Waals surface area contributed by atoms with Crippen molar-refractivity contribution in [2.45, 2.75) is 26.1 Å². The molecule has 2 atom stereocenters. The van der Waals surface area contributed by atoms with Crippen molar-refractivity contribution in [1.82, 2.24) is 9.78 Å². The Kier molecular flexibility index (Phi) is 5.35. The largest absolute Gasteiger partial charge is 0.414 e. The van der Waals surface area contributed by atoms with Crippen molar-refractivity contribution in [2.24, 2.45) is 5.92 Å². The molecular weight excluding hydrogens is 365 g/mol. The molecular formula is C16H21FN3O3S2+. The van der Waals surface area contributed by atoms with Gasteiger partial charge in [-0.2, -0.15) is 4.68 Å². The topological polar surface area (TPSA) is 69.5 Å². The Hall–Kier alpha value is -1.58. The van der Waals surface area contributed by atoms with E-state index in [2.05, 4.69) is 5.10 Å². The van der Waals surface area contributed by atoms with E-state index in [1.165, 1.54) is 12.1 Å². The van der Waals surface area contributed by atoms with Crippen LogP contribution in [-0.4, -0.2) is 36.8 Å². The van der Waals surface area contributed by atoms with Gasteiger partial charge in [-0.15, -0.1) is 5.10 Å². The van der Waals surface area contributed by atoms with Crippen LogP contribution in [0.3, 0.4) is 0 Å². The minimum absolute atomic E-state index is 0.0453. The molecule has 1 fully saturated rings. The van der Waals surface area contributed by atoms with E-state index in [9.17, 15) is 12.8 Å². The number of benzene rings is 1.